The van der Waals surface area contributed by atoms with E-state index in [1.807, 2.05) is 20.8 Å². The molecule has 8 saturated heterocycles. The van der Waals surface area contributed by atoms with Gasteiger partial charge in [-0.15, -0.1) is 0 Å². The van der Waals surface area contributed by atoms with E-state index in [0.717, 1.165) is 11.9 Å². The zero-order valence-electron chi connectivity index (χ0n) is 67.2. The Bertz CT molecular complexity index is 3550. The maximum atomic E-state index is 16.2. The number of aliphatic hydroxyl groups is 20. The minimum Gasteiger partial charge on any atom is -0.479 e. The number of fused-ring (bicyclic) bond motifs is 7. The van der Waals surface area contributed by atoms with E-state index in [2.05, 4.69) is 25.2 Å². The number of allylic oxidation sites excluding steroid dienone is 2. The van der Waals surface area contributed by atoms with Crippen LogP contribution in [0.5, 0.6) is 0 Å². The molecule has 0 radical (unpaired) electrons. The second-order valence-electron chi connectivity index (χ2n) is 36.6. The number of aldehydes is 1. The van der Waals surface area contributed by atoms with Crippen LogP contribution in [0.2, 0.25) is 0 Å². The first-order chi connectivity index (χ1) is 56.0. The maximum absolute atomic E-state index is 16.2. The maximum Gasteiger partial charge on any atom is 0.335 e. The van der Waals surface area contributed by atoms with E-state index >= 15 is 4.79 Å². The number of carboxylic acids is 1. The minimum absolute atomic E-state index is 0.0105. The molecule has 45 atom stereocenters. The van der Waals surface area contributed by atoms with Crippen LogP contribution in [0, 0.1) is 50.2 Å². The number of nitrogens with one attached hydrogen (secondary N) is 1. The molecule has 8 aliphatic heterocycles. The monoisotopic (exact) mass is 1720 g/mol. The predicted molar refractivity (Wildman–Crippen MR) is 386 cm³/mol. The molecule has 1 amide bonds. The van der Waals surface area contributed by atoms with Crippen LogP contribution in [0.15, 0.2) is 11.6 Å². The number of carbonyl (C=O) groups is 4. The SMILES string of the molecule is CC[C@]1(O)CO[C@@H](OC2C(O)[C@H](O[C@H]3C(C)O[C@@H](OC4C(O)[C@@H](NC(=O)CO[C@@H]5O[C@@H](CO)C(O)C5O)C(CO)O[C@H]4OC(=O)[C@]45CCC(C)(C)CC4C4=CCC6C7(C)CC[C@H](O[C@@H]8OC(C(=O)O)[C@@H](O)[C@H](O[C@@H]9OC[C@@H](O)[C@H](O)C9O)C8O[C@@H]8OC(CO)[C@H](O)[C@H](O)C8O)[C@](C)(C=O)[C@@H]7CCC6(C)[C@]4(C)CC5O)C(O)C3O)OC[C@H]2O)C1O. The van der Waals surface area contributed by atoms with E-state index in [1.165, 1.54) is 6.92 Å². The summed E-state index contributed by atoms with van der Waals surface area (Å²) in [5, 5.41) is 236. The van der Waals surface area contributed by atoms with E-state index in [0.29, 0.717) is 38.5 Å². The van der Waals surface area contributed by atoms with Crippen LogP contribution < -0.4 is 5.32 Å². The van der Waals surface area contributed by atoms with E-state index in [9.17, 15) is 122 Å². The summed E-state index contributed by atoms with van der Waals surface area (Å²) in [5.74, 6) is -5.52. The highest BCUT2D eigenvalue weighted by molar-refractivity contribution is 5.80. The minimum atomic E-state index is -2.25. The second kappa shape index (κ2) is 35.6. The molecule has 4 saturated carbocycles. The van der Waals surface area contributed by atoms with Gasteiger partial charge in [-0.05, 0) is 111 Å². The fourth-order valence-electron chi connectivity index (χ4n) is 21.8. The van der Waals surface area contributed by atoms with Crippen molar-refractivity contribution in [2.24, 2.45) is 50.2 Å². The summed E-state index contributed by atoms with van der Waals surface area (Å²) in [4.78, 5) is 57.5. The van der Waals surface area contributed by atoms with Gasteiger partial charge in [0.25, 0.3) is 0 Å². The Labute approximate surface area is 683 Å². The molecule has 0 bridgehead atoms. The molecule has 22 N–H and O–H groups in total. The summed E-state index contributed by atoms with van der Waals surface area (Å²) in [6.07, 6.45) is -58.7. The molecule has 0 aromatic carbocycles. The van der Waals surface area contributed by atoms with E-state index in [4.69, 9.17) is 75.8 Å². The first-order valence-electron chi connectivity index (χ1n) is 41.0. The summed E-state index contributed by atoms with van der Waals surface area (Å²) in [6, 6.07) is -1.73. The molecule has 119 heavy (non-hydrogen) atoms. The fraction of sp³-hybridized carbons (Fsp3) is 0.922. The number of esters is 1. The Hall–Kier alpha value is -3.58. The third-order valence-corrected chi connectivity index (χ3v) is 29.2. The van der Waals surface area contributed by atoms with Gasteiger partial charge in [-0.2, -0.15) is 0 Å². The zero-order chi connectivity index (χ0) is 86.8. The van der Waals surface area contributed by atoms with Crippen molar-refractivity contribution in [3.8, 4) is 0 Å². The molecule has 0 spiro atoms. The molecule has 13 aliphatic rings. The molecule has 680 valence electrons. The van der Waals surface area contributed by atoms with Gasteiger partial charge >= 0.3 is 11.9 Å². The molecule has 13 rings (SSSR count). The molecule has 12 fully saturated rings. The average molecular weight is 1720 g/mol. The molecule has 5 aliphatic carbocycles. The third-order valence-electron chi connectivity index (χ3n) is 29.2. The normalized spacial score (nSPS) is 53.0. The highest BCUT2D eigenvalue weighted by Gasteiger charge is 2.74. The quantitative estimate of drug-likeness (QED) is 0.0185. The molecular weight excluding hydrogens is 1590 g/mol. The van der Waals surface area contributed by atoms with Gasteiger partial charge < -0.3 is 193 Å². The van der Waals surface area contributed by atoms with Gasteiger partial charge in [-0.3, -0.25) is 9.59 Å². The Morgan fingerprint density at radius 3 is 1.76 bits per heavy atom. The molecule has 0 aromatic rings. The number of rotatable bonds is 24. The van der Waals surface area contributed by atoms with Crippen LogP contribution in [-0.2, 0) is 95.0 Å². The van der Waals surface area contributed by atoms with Crippen LogP contribution in [-0.4, -0.2) is 404 Å². The Kier molecular flexibility index (Phi) is 27.8. The van der Waals surface area contributed by atoms with Gasteiger partial charge in [0, 0.05) is 0 Å². The number of ether oxygens (including phenoxy) is 16. The average Bonchev–Trinajstić information content (AvgIpc) is 0.713. The van der Waals surface area contributed by atoms with Gasteiger partial charge in [0.05, 0.1) is 69.4 Å². The Balaban J connectivity index is 0.767. The lowest BCUT2D eigenvalue weighted by Crippen LogP contribution is -2.70. The van der Waals surface area contributed by atoms with Crippen molar-refractivity contribution >= 4 is 24.1 Å². The summed E-state index contributed by atoms with van der Waals surface area (Å²) < 4.78 is 95.4. The van der Waals surface area contributed by atoms with Crippen LogP contribution in [0.1, 0.15) is 120 Å². The van der Waals surface area contributed by atoms with E-state index in [-0.39, 0.29) is 38.2 Å². The lowest BCUT2D eigenvalue weighted by atomic mass is 9.33. The van der Waals surface area contributed by atoms with Crippen molar-refractivity contribution in [2.75, 3.05) is 46.2 Å². The predicted octanol–water partition coefficient (Wildman–Crippen LogP) is -8.38. The lowest BCUT2D eigenvalue weighted by Gasteiger charge is -2.71. The van der Waals surface area contributed by atoms with Crippen molar-refractivity contribution in [1.29, 1.82) is 0 Å². The fourth-order valence-corrected chi connectivity index (χ4v) is 21.8. The van der Waals surface area contributed by atoms with Gasteiger partial charge in [0.2, 0.25) is 12.2 Å². The van der Waals surface area contributed by atoms with Crippen molar-refractivity contribution < 1.29 is 202 Å². The summed E-state index contributed by atoms with van der Waals surface area (Å²) in [5.41, 5.74) is -7.18. The zero-order valence-corrected chi connectivity index (χ0v) is 67.2. The standard InChI is InChI=1S/C77H121NO41/c1-9-76(103)27-107-69(60(76)99)114-55-32(84)24-105-64(53(55)98)113-54-28(2)108-65(51(96)47(54)92)117-58-45(90)41(78-40(86)25-106-62-49(94)44(89)35(22-81)110-62)33(20-79)109-67(58)119-70(102)77-17-16-71(3,4)18-30(77)29-10-11-37-72(5)14-13-39(73(6,26-82)36(72)12-15-74(37,7)75(29,8)19-38(77)85)112-68-59(118-66-50(95)46(91)43(88)34(21-80)111-66)56(52(97)57(116-68)61(100)101)115-63-48(93)42(87)31(83)23-104-63/h10,26,28,30-39,41-60,62-69,79-81,83-85,87-99,103H,9,11-25,27H2,1-8H3,(H,78,86)(H,100,101)/t28?,30?,31-,32-,33?,34?,35+,36-,37?,38?,39+,41+,42+,43+,44?,45?,46+,47?,48?,49?,50?,51?,52+,53?,54+,55?,56+,57?,58?,59?,60?,62-,63+,64+,65+,66+,67+,68-,69+,72?,73-,74?,75-,76+,77-/m1/s1. The number of hydrogen-bond acceptors (Lipinski definition) is 40. The lowest BCUT2D eigenvalue weighted by molar-refractivity contribution is -0.391. The second-order valence-corrected chi connectivity index (χ2v) is 36.6. The van der Waals surface area contributed by atoms with Crippen LogP contribution in [0.25, 0.3) is 0 Å². The molecule has 21 unspecified atom stereocenters. The number of amides is 1. The van der Waals surface area contributed by atoms with E-state index in [1.54, 1.807) is 13.8 Å². The number of carbonyl (C=O) groups excluding carboxylic acids is 3. The van der Waals surface area contributed by atoms with Crippen molar-refractivity contribution in [3.63, 3.8) is 0 Å². The molecular formula is C77H121NO41. The molecule has 0 aromatic heterocycles. The van der Waals surface area contributed by atoms with Crippen LogP contribution in [0.3, 0.4) is 0 Å². The summed E-state index contributed by atoms with van der Waals surface area (Å²) >= 11 is 0. The van der Waals surface area contributed by atoms with Crippen molar-refractivity contribution in [3.05, 3.63) is 11.6 Å². The highest BCUT2D eigenvalue weighted by atomic mass is 16.8. The third kappa shape index (κ3) is 16.5. The van der Waals surface area contributed by atoms with Gasteiger partial charge in [0.15, 0.2) is 56.2 Å². The topological polar surface area (TPSA) is 653 Å². The Morgan fingerprint density at radius 2 is 1.12 bits per heavy atom. The van der Waals surface area contributed by atoms with Gasteiger partial charge in [0.1, 0.15) is 158 Å². The summed E-state index contributed by atoms with van der Waals surface area (Å²) in [7, 11) is 0. The number of aliphatic carboxylic acids is 1. The first-order valence-corrected chi connectivity index (χ1v) is 41.0. The number of aliphatic hydroxyl groups excluding tert-OH is 19. The number of hydrogen-bond donors (Lipinski definition) is 22. The highest BCUT2D eigenvalue weighted by Crippen LogP contribution is 2.76. The van der Waals surface area contributed by atoms with Crippen LogP contribution >= 0.6 is 0 Å². The summed E-state index contributed by atoms with van der Waals surface area (Å²) in [6.45, 7) is 9.84. The van der Waals surface area contributed by atoms with Gasteiger partial charge in [-0.25, -0.2) is 4.79 Å². The largest absolute Gasteiger partial charge is 0.479 e. The first kappa shape index (κ1) is 93.1. The van der Waals surface area contributed by atoms with Crippen molar-refractivity contribution in [2.45, 2.75) is 346 Å². The van der Waals surface area contributed by atoms with Crippen LogP contribution in [0.4, 0.5) is 0 Å². The Morgan fingerprint density at radius 1 is 0.538 bits per heavy atom. The molecule has 8 heterocycles. The smallest absolute Gasteiger partial charge is 0.335 e. The molecule has 42 heteroatoms. The number of carboxylic acid groups (broad SMARTS) is 1. The van der Waals surface area contributed by atoms with E-state index < -0.39 is 329 Å². The molecule has 42 nitrogen and oxygen atoms in total. The van der Waals surface area contributed by atoms with Crippen molar-refractivity contribution in [1.82, 2.24) is 5.32 Å². The van der Waals surface area contributed by atoms with Gasteiger partial charge in [-0.1, -0.05) is 60.1 Å².